The molecule has 21 heavy (non-hydrogen) atoms. The van der Waals surface area contributed by atoms with Gasteiger partial charge >= 0.3 is 0 Å². The molecular weight excluding hydrogens is 397 g/mol. The molecule has 0 saturated heterocycles. The van der Waals surface area contributed by atoms with Crippen molar-refractivity contribution >= 4 is 40.1 Å². The van der Waals surface area contributed by atoms with Gasteiger partial charge in [0.1, 0.15) is 0 Å². The van der Waals surface area contributed by atoms with E-state index in [0.29, 0.717) is 5.92 Å². The lowest BCUT2D eigenvalue weighted by molar-refractivity contribution is 0.0904. The number of amides is 1. The molecule has 0 radical (unpaired) electrons. The summed E-state index contributed by atoms with van der Waals surface area (Å²) in [6.07, 6.45) is 2.14. The summed E-state index contributed by atoms with van der Waals surface area (Å²) in [4.78, 5) is 12.4. The second-order valence-corrected chi connectivity index (χ2v) is 6.89. The minimum absolute atomic E-state index is 0.0173. The first kappa shape index (κ1) is 14.9. The summed E-state index contributed by atoms with van der Waals surface area (Å²) in [6.45, 7) is 0. The highest BCUT2D eigenvalue weighted by atomic mass is 127. The number of carbonyl (C=O) groups is 1. The average molecular weight is 412 g/mol. The van der Waals surface area contributed by atoms with Gasteiger partial charge < -0.3 is 5.32 Å². The van der Waals surface area contributed by atoms with Crippen LogP contribution >= 0.6 is 34.2 Å². The topological polar surface area (TPSA) is 29.1 Å². The smallest absolute Gasteiger partial charge is 0.252 e. The lowest BCUT2D eigenvalue weighted by atomic mass is 9.75. The molecule has 2 nitrogen and oxygen atoms in total. The van der Waals surface area contributed by atoms with Crippen molar-refractivity contribution in [1.29, 1.82) is 0 Å². The van der Waals surface area contributed by atoms with Gasteiger partial charge in [0.2, 0.25) is 0 Å². The van der Waals surface area contributed by atoms with Crippen LogP contribution in [0.1, 0.15) is 34.7 Å². The maximum Gasteiger partial charge on any atom is 0.252 e. The van der Waals surface area contributed by atoms with Crippen LogP contribution in [0.25, 0.3) is 0 Å². The SMILES string of the molecule is O=C(N[C@H]1CC[C@H]1c1ccc(Cl)cc1)c1ccccc1I. The molecule has 1 fully saturated rings. The van der Waals surface area contributed by atoms with Gasteiger partial charge in [-0.25, -0.2) is 0 Å². The van der Waals surface area contributed by atoms with Crippen LogP contribution in [0, 0.1) is 3.57 Å². The van der Waals surface area contributed by atoms with Gasteiger partial charge in [-0.1, -0.05) is 35.9 Å². The molecule has 0 aliphatic heterocycles. The van der Waals surface area contributed by atoms with E-state index in [1.165, 1.54) is 5.56 Å². The molecule has 1 N–H and O–H groups in total. The minimum atomic E-state index is 0.0173. The average Bonchev–Trinajstić information content (AvgIpc) is 2.46. The van der Waals surface area contributed by atoms with E-state index in [9.17, 15) is 4.79 Å². The Morgan fingerprint density at radius 2 is 1.81 bits per heavy atom. The van der Waals surface area contributed by atoms with Crippen LogP contribution in [0.5, 0.6) is 0 Å². The molecule has 108 valence electrons. The fraction of sp³-hybridized carbons (Fsp3) is 0.235. The Morgan fingerprint density at radius 1 is 1.10 bits per heavy atom. The number of rotatable bonds is 3. The first-order valence-electron chi connectivity index (χ1n) is 6.96. The fourth-order valence-corrected chi connectivity index (χ4v) is 3.43. The molecule has 3 rings (SSSR count). The number of halogens is 2. The maximum atomic E-state index is 12.4. The van der Waals surface area contributed by atoms with Crippen LogP contribution in [-0.4, -0.2) is 11.9 Å². The van der Waals surface area contributed by atoms with Gasteiger partial charge in [-0.3, -0.25) is 4.79 Å². The maximum absolute atomic E-state index is 12.4. The van der Waals surface area contributed by atoms with Crippen molar-refractivity contribution in [2.45, 2.75) is 24.8 Å². The number of benzene rings is 2. The number of carbonyl (C=O) groups excluding carboxylic acids is 1. The molecule has 0 heterocycles. The highest BCUT2D eigenvalue weighted by molar-refractivity contribution is 14.1. The molecular formula is C17H15ClINO. The standard InChI is InChI=1S/C17H15ClINO/c18-12-7-5-11(6-8-12)13-9-10-16(13)20-17(21)14-3-1-2-4-15(14)19/h1-8,13,16H,9-10H2,(H,20,21)/t13-,16-/m0/s1. The first-order chi connectivity index (χ1) is 10.1. The zero-order valence-corrected chi connectivity index (χ0v) is 14.3. The predicted molar refractivity (Wildman–Crippen MR) is 93.8 cm³/mol. The first-order valence-corrected chi connectivity index (χ1v) is 8.41. The molecule has 2 aromatic rings. The summed E-state index contributed by atoms with van der Waals surface area (Å²) in [7, 11) is 0. The van der Waals surface area contributed by atoms with Crippen LogP contribution in [-0.2, 0) is 0 Å². The summed E-state index contributed by atoms with van der Waals surface area (Å²) >= 11 is 8.12. The van der Waals surface area contributed by atoms with Crippen molar-refractivity contribution < 1.29 is 4.79 Å². The molecule has 2 atom stereocenters. The molecule has 1 saturated carbocycles. The molecule has 2 aromatic carbocycles. The van der Waals surface area contributed by atoms with Gasteiger partial charge in [0, 0.05) is 20.6 Å². The Bertz CT molecular complexity index is 656. The van der Waals surface area contributed by atoms with Gasteiger partial charge in [0.15, 0.2) is 0 Å². The fourth-order valence-electron chi connectivity index (χ4n) is 2.67. The highest BCUT2D eigenvalue weighted by Gasteiger charge is 2.33. The second-order valence-electron chi connectivity index (χ2n) is 5.30. The van der Waals surface area contributed by atoms with E-state index >= 15 is 0 Å². The second kappa shape index (κ2) is 6.36. The lowest BCUT2D eigenvalue weighted by Crippen LogP contribution is -2.45. The van der Waals surface area contributed by atoms with E-state index < -0.39 is 0 Å². The molecule has 1 amide bonds. The Morgan fingerprint density at radius 3 is 2.43 bits per heavy atom. The quantitative estimate of drug-likeness (QED) is 0.734. The molecule has 1 aliphatic rings. The zero-order chi connectivity index (χ0) is 14.8. The highest BCUT2D eigenvalue weighted by Crippen LogP contribution is 2.37. The van der Waals surface area contributed by atoms with E-state index in [1.54, 1.807) is 0 Å². The normalized spacial score (nSPS) is 20.7. The minimum Gasteiger partial charge on any atom is -0.349 e. The van der Waals surface area contributed by atoms with E-state index in [0.717, 1.165) is 27.0 Å². The number of nitrogens with one attached hydrogen (secondary N) is 1. The number of hydrogen-bond donors (Lipinski definition) is 1. The van der Waals surface area contributed by atoms with Crippen LogP contribution in [0.4, 0.5) is 0 Å². The monoisotopic (exact) mass is 411 g/mol. The third kappa shape index (κ3) is 3.24. The Hall–Kier alpha value is -1.07. The molecule has 4 heteroatoms. The van der Waals surface area contributed by atoms with Crippen LogP contribution < -0.4 is 5.32 Å². The van der Waals surface area contributed by atoms with Crippen molar-refractivity contribution in [1.82, 2.24) is 5.32 Å². The van der Waals surface area contributed by atoms with Crippen molar-refractivity contribution in [3.63, 3.8) is 0 Å². The van der Waals surface area contributed by atoms with E-state index in [4.69, 9.17) is 11.6 Å². The third-order valence-corrected chi connectivity index (χ3v) is 5.20. The largest absolute Gasteiger partial charge is 0.349 e. The van der Waals surface area contributed by atoms with E-state index in [-0.39, 0.29) is 11.9 Å². The molecule has 0 spiro atoms. The van der Waals surface area contributed by atoms with Gasteiger partial charge in [-0.05, 0) is 65.3 Å². The lowest BCUT2D eigenvalue weighted by Gasteiger charge is -2.37. The summed E-state index contributed by atoms with van der Waals surface area (Å²) in [5.74, 6) is 0.413. The van der Waals surface area contributed by atoms with Crippen LogP contribution in [0.3, 0.4) is 0 Å². The van der Waals surface area contributed by atoms with Crippen molar-refractivity contribution in [3.05, 3.63) is 68.3 Å². The molecule has 0 bridgehead atoms. The summed E-state index contributed by atoms with van der Waals surface area (Å²) in [5, 5.41) is 3.91. The van der Waals surface area contributed by atoms with Crippen molar-refractivity contribution in [2.24, 2.45) is 0 Å². The zero-order valence-electron chi connectivity index (χ0n) is 11.4. The Balaban J connectivity index is 1.70. The summed E-state index contributed by atoms with van der Waals surface area (Å²) < 4.78 is 0.981. The van der Waals surface area contributed by atoms with Crippen molar-refractivity contribution in [2.75, 3.05) is 0 Å². The van der Waals surface area contributed by atoms with Crippen molar-refractivity contribution in [3.8, 4) is 0 Å². The molecule has 0 aromatic heterocycles. The molecule has 1 aliphatic carbocycles. The summed E-state index contributed by atoms with van der Waals surface area (Å²) in [5.41, 5.74) is 2.00. The van der Waals surface area contributed by atoms with Gasteiger partial charge in [-0.15, -0.1) is 0 Å². The van der Waals surface area contributed by atoms with Crippen LogP contribution in [0.15, 0.2) is 48.5 Å². The summed E-state index contributed by atoms with van der Waals surface area (Å²) in [6, 6.07) is 15.8. The van der Waals surface area contributed by atoms with Gasteiger partial charge in [-0.2, -0.15) is 0 Å². The predicted octanol–water partition coefficient (Wildman–Crippen LogP) is 4.62. The molecule has 0 unspecified atom stereocenters. The van der Waals surface area contributed by atoms with Crippen LogP contribution in [0.2, 0.25) is 5.02 Å². The van der Waals surface area contributed by atoms with E-state index in [2.05, 4.69) is 40.0 Å². The number of hydrogen-bond acceptors (Lipinski definition) is 1. The Kier molecular flexibility index (Phi) is 4.50. The Labute approximate surface area is 143 Å². The van der Waals surface area contributed by atoms with Gasteiger partial charge in [0.05, 0.1) is 5.56 Å². The third-order valence-electron chi connectivity index (χ3n) is 4.01. The van der Waals surface area contributed by atoms with Gasteiger partial charge in [0.25, 0.3) is 5.91 Å². The van der Waals surface area contributed by atoms with E-state index in [1.807, 2.05) is 36.4 Å².